The van der Waals surface area contributed by atoms with E-state index in [2.05, 4.69) is 40.3 Å². The molecule has 0 radical (unpaired) electrons. The standard InChI is InChI=1S/C19H23BrN2O/c1-2-14(10-16-4-3-5-17(20)11-16)13-22-19(23)12-15-6-8-18(21)9-7-15/h3-9,11,14H,2,10,12-13,21H2,1H3,(H,22,23). The minimum atomic E-state index is 0.0578. The van der Waals surface area contributed by atoms with Crippen LogP contribution in [0.3, 0.4) is 0 Å². The van der Waals surface area contributed by atoms with Crippen molar-refractivity contribution in [1.29, 1.82) is 0 Å². The van der Waals surface area contributed by atoms with Crippen LogP contribution in [0.5, 0.6) is 0 Å². The lowest BCUT2D eigenvalue weighted by Crippen LogP contribution is -2.31. The van der Waals surface area contributed by atoms with Gasteiger partial charge in [0.1, 0.15) is 0 Å². The summed E-state index contributed by atoms with van der Waals surface area (Å²) in [5.74, 6) is 0.502. The van der Waals surface area contributed by atoms with E-state index in [1.54, 1.807) is 0 Å². The van der Waals surface area contributed by atoms with E-state index < -0.39 is 0 Å². The van der Waals surface area contributed by atoms with E-state index in [0.717, 1.165) is 22.9 Å². The van der Waals surface area contributed by atoms with Crippen LogP contribution in [-0.2, 0) is 17.6 Å². The molecule has 0 fully saturated rings. The number of nitrogens with one attached hydrogen (secondary N) is 1. The fraction of sp³-hybridized carbons (Fsp3) is 0.316. The molecule has 4 heteroatoms. The Morgan fingerprint density at radius 2 is 1.91 bits per heavy atom. The third-order valence-electron chi connectivity index (χ3n) is 3.92. The number of nitrogen functional groups attached to an aromatic ring is 1. The Balaban J connectivity index is 1.82. The van der Waals surface area contributed by atoms with Crippen molar-refractivity contribution in [2.45, 2.75) is 26.2 Å². The minimum Gasteiger partial charge on any atom is -0.399 e. The van der Waals surface area contributed by atoms with Gasteiger partial charge in [-0.15, -0.1) is 0 Å². The van der Waals surface area contributed by atoms with Gasteiger partial charge in [0.25, 0.3) is 0 Å². The van der Waals surface area contributed by atoms with Gasteiger partial charge in [0.15, 0.2) is 0 Å². The fourth-order valence-corrected chi connectivity index (χ4v) is 2.95. The molecule has 2 aromatic rings. The third kappa shape index (κ3) is 6.06. The van der Waals surface area contributed by atoms with Crippen LogP contribution in [0.2, 0.25) is 0 Å². The van der Waals surface area contributed by atoms with Gasteiger partial charge in [0.2, 0.25) is 5.91 Å². The molecule has 23 heavy (non-hydrogen) atoms. The Morgan fingerprint density at radius 3 is 2.57 bits per heavy atom. The first-order valence-corrected chi connectivity index (χ1v) is 8.71. The van der Waals surface area contributed by atoms with Crippen LogP contribution in [0.25, 0.3) is 0 Å². The van der Waals surface area contributed by atoms with E-state index in [1.165, 1.54) is 5.56 Å². The SMILES string of the molecule is CCC(CNC(=O)Cc1ccc(N)cc1)Cc1cccc(Br)c1. The number of anilines is 1. The van der Waals surface area contributed by atoms with Crippen LogP contribution in [0.4, 0.5) is 5.69 Å². The van der Waals surface area contributed by atoms with Crippen LogP contribution < -0.4 is 11.1 Å². The largest absolute Gasteiger partial charge is 0.399 e. The van der Waals surface area contributed by atoms with Crippen molar-refractivity contribution < 1.29 is 4.79 Å². The first kappa shape index (κ1) is 17.5. The Kier molecular flexibility index (Phi) is 6.66. The molecule has 0 bridgehead atoms. The molecule has 2 rings (SSSR count). The topological polar surface area (TPSA) is 55.1 Å². The predicted octanol–water partition coefficient (Wildman–Crippen LogP) is 3.96. The molecule has 1 unspecified atom stereocenters. The lowest BCUT2D eigenvalue weighted by atomic mass is 9.97. The average Bonchev–Trinajstić information content (AvgIpc) is 2.53. The van der Waals surface area contributed by atoms with Gasteiger partial charge in [0, 0.05) is 16.7 Å². The van der Waals surface area contributed by atoms with Crippen molar-refractivity contribution in [2.75, 3.05) is 12.3 Å². The highest BCUT2D eigenvalue weighted by Crippen LogP contribution is 2.16. The first-order valence-electron chi connectivity index (χ1n) is 7.92. The quantitative estimate of drug-likeness (QED) is 0.720. The molecule has 0 saturated heterocycles. The Morgan fingerprint density at radius 1 is 1.17 bits per heavy atom. The molecule has 0 aliphatic rings. The van der Waals surface area contributed by atoms with Crippen molar-refractivity contribution in [2.24, 2.45) is 5.92 Å². The Labute approximate surface area is 146 Å². The van der Waals surface area contributed by atoms with E-state index >= 15 is 0 Å². The highest BCUT2D eigenvalue weighted by molar-refractivity contribution is 9.10. The van der Waals surface area contributed by atoms with E-state index in [1.807, 2.05) is 36.4 Å². The summed E-state index contributed by atoms with van der Waals surface area (Å²) in [7, 11) is 0. The fourth-order valence-electron chi connectivity index (χ4n) is 2.50. The van der Waals surface area contributed by atoms with Crippen LogP contribution in [-0.4, -0.2) is 12.5 Å². The summed E-state index contributed by atoms with van der Waals surface area (Å²) in [6.07, 6.45) is 2.40. The van der Waals surface area contributed by atoms with Gasteiger partial charge in [-0.05, 0) is 47.7 Å². The zero-order valence-electron chi connectivity index (χ0n) is 13.4. The molecule has 0 spiro atoms. The summed E-state index contributed by atoms with van der Waals surface area (Å²) in [6, 6.07) is 15.8. The molecular formula is C19H23BrN2O. The van der Waals surface area contributed by atoms with Gasteiger partial charge in [-0.1, -0.05) is 53.5 Å². The van der Waals surface area contributed by atoms with Crippen LogP contribution in [0, 0.1) is 5.92 Å². The van der Waals surface area contributed by atoms with Gasteiger partial charge in [-0.3, -0.25) is 4.79 Å². The number of hydrogen-bond donors (Lipinski definition) is 2. The number of benzene rings is 2. The minimum absolute atomic E-state index is 0.0578. The maximum absolute atomic E-state index is 12.1. The summed E-state index contributed by atoms with van der Waals surface area (Å²) in [4.78, 5) is 12.1. The zero-order chi connectivity index (χ0) is 16.7. The number of rotatable bonds is 7. The second-order valence-electron chi connectivity index (χ2n) is 5.83. The van der Waals surface area contributed by atoms with E-state index in [-0.39, 0.29) is 5.91 Å². The van der Waals surface area contributed by atoms with Crippen molar-refractivity contribution in [3.63, 3.8) is 0 Å². The zero-order valence-corrected chi connectivity index (χ0v) is 15.0. The summed E-state index contributed by atoms with van der Waals surface area (Å²) >= 11 is 3.50. The lowest BCUT2D eigenvalue weighted by molar-refractivity contribution is -0.120. The van der Waals surface area contributed by atoms with Gasteiger partial charge in [0.05, 0.1) is 6.42 Å². The molecule has 3 N–H and O–H groups in total. The maximum Gasteiger partial charge on any atom is 0.224 e. The van der Waals surface area contributed by atoms with Crippen molar-refractivity contribution in [1.82, 2.24) is 5.32 Å². The van der Waals surface area contributed by atoms with E-state index in [4.69, 9.17) is 5.73 Å². The molecule has 1 atom stereocenters. The molecule has 0 saturated carbocycles. The number of carbonyl (C=O) groups excluding carboxylic acids is 1. The number of halogens is 1. The summed E-state index contributed by atoms with van der Waals surface area (Å²) in [5, 5.41) is 3.05. The molecule has 0 aliphatic heterocycles. The molecule has 2 aromatic carbocycles. The van der Waals surface area contributed by atoms with Gasteiger partial charge in [-0.2, -0.15) is 0 Å². The molecule has 122 valence electrons. The number of nitrogens with two attached hydrogens (primary N) is 1. The van der Waals surface area contributed by atoms with Crippen LogP contribution in [0.15, 0.2) is 53.0 Å². The summed E-state index contributed by atoms with van der Waals surface area (Å²) in [6.45, 7) is 2.87. The first-order chi connectivity index (χ1) is 11.1. The lowest BCUT2D eigenvalue weighted by Gasteiger charge is -2.16. The van der Waals surface area contributed by atoms with Gasteiger partial charge >= 0.3 is 0 Å². The second kappa shape index (κ2) is 8.73. The Bertz CT molecular complexity index is 640. The Hall–Kier alpha value is -1.81. The van der Waals surface area contributed by atoms with Gasteiger partial charge in [-0.25, -0.2) is 0 Å². The maximum atomic E-state index is 12.1. The smallest absolute Gasteiger partial charge is 0.224 e. The normalized spacial score (nSPS) is 11.9. The molecule has 0 aromatic heterocycles. The molecule has 0 aliphatic carbocycles. The number of hydrogen-bond acceptors (Lipinski definition) is 2. The predicted molar refractivity (Wildman–Crippen MR) is 99.2 cm³/mol. The molecule has 0 heterocycles. The van der Waals surface area contributed by atoms with E-state index in [0.29, 0.717) is 24.6 Å². The van der Waals surface area contributed by atoms with Crippen LogP contribution >= 0.6 is 15.9 Å². The van der Waals surface area contributed by atoms with Crippen molar-refractivity contribution in [3.8, 4) is 0 Å². The molecular weight excluding hydrogens is 352 g/mol. The third-order valence-corrected chi connectivity index (χ3v) is 4.42. The van der Waals surface area contributed by atoms with Crippen molar-refractivity contribution in [3.05, 3.63) is 64.1 Å². The highest BCUT2D eigenvalue weighted by atomic mass is 79.9. The monoisotopic (exact) mass is 374 g/mol. The molecule has 3 nitrogen and oxygen atoms in total. The van der Waals surface area contributed by atoms with Crippen molar-refractivity contribution >= 4 is 27.5 Å². The number of carbonyl (C=O) groups is 1. The van der Waals surface area contributed by atoms with Gasteiger partial charge < -0.3 is 11.1 Å². The van der Waals surface area contributed by atoms with E-state index in [9.17, 15) is 4.79 Å². The van der Waals surface area contributed by atoms with Crippen LogP contribution in [0.1, 0.15) is 24.5 Å². The summed E-state index contributed by atoms with van der Waals surface area (Å²) in [5.41, 5.74) is 8.64. The highest BCUT2D eigenvalue weighted by Gasteiger charge is 2.10. The average molecular weight is 375 g/mol. The number of amides is 1. The molecule has 1 amide bonds. The summed E-state index contributed by atoms with van der Waals surface area (Å²) < 4.78 is 1.09. The second-order valence-corrected chi connectivity index (χ2v) is 6.75.